The second-order valence-corrected chi connectivity index (χ2v) is 6.01. The quantitative estimate of drug-likeness (QED) is 0.672. The molecule has 0 aliphatic heterocycles. The first-order valence-electron chi connectivity index (χ1n) is 8.50. The number of anilines is 2. The lowest BCUT2D eigenvalue weighted by Crippen LogP contribution is -2.15. The van der Waals surface area contributed by atoms with Gasteiger partial charge < -0.3 is 24.5 Å². The summed E-state index contributed by atoms with van der Waals surface area (Å²) in [5.74, 6) is 0.188. The van der Waals surface area contributed by atoms with Crippen molar-refractivity contribution in [1.82, 2.24) is 0 Å². The lowest BCUT2D eigenvalue weighted by molar-refractivity contribution is 0.0994. The van der Waals surface area contributed by atoms with Gasteiger partial charge in [0.05, 0.1) is 31.9 Å². The van der Waals surface area contributed by atoms with E-state index in [1.54, 1.807) is 36.4 Å². The molecular weight excluding hydrogens is 360 g/mol. The Morgan fingerprint density at radius 2 is 1.50 bits per heavy atom. The number of ether oxygens (including phenoxy) is 2. The van der Waals surface area contributed by atoms with Gasteiger partial charge in [-0.2, -0.15) is 0 Å². The van der Waals surface area contributed by atoms with Gasteiger partial charge in [-0.1, -0.05) is 17.7 Å². The molecule has 2 N–H and O–H groups in total. The molecule has 0 atom stereocenters. The minimum Gasteiger partial charge on any atom is -0.494 e. The summed E-state index contributed by atoms with van der Waals surface area (Å²) in [6.45, 7) is 1.91. The van der Waals surface area contributed by atoms with Gasteiger partial charge in [0.25, 0.3) is 11.8 Å². The van der Waals surface area contributed by atoms with Crippen molar-refractivity contribution < 1.29 is 23.5 Å². The monoisotopic (exact) mass is 380 g/mol. The Kier molecular flexibility index (Phi) is 5.64. The molecule has 0 aliphatic carbocycles. The minimum atomic E-state index is -0.429. The van der Waals surface area contributed by atoms with E-state index in [4.69, 9.17) is 13.9 Å². The van der Waals surface area contributed by atoms with Crippen LogP contribution in [0.3, 0.4) is 0 Å². The molecule has 0 spiro atoms. The van der Waals surface area contributed by atoms with Crippen LogP contribution in [0.15, 0.2) is 59.2 Å². The van der Waals surface area contributed by atoms with Crippen LogP contribution in [0.5, 0.6) is 11.5 Å². The molecule has 0 unspecified atom stereocenters. The summed E-state index contributed by atoms with van der Waals surface area (Å²) < 4.78 is 15.8. The number of nitrogens with one attached hydrogen (secondary N) is 2. The smallest absolute Gasteiger partial charge is 0.291 e. The molecule has 0 saturated carbocycles. The highest BCUT2D eigenvalue weighted by Crippen LogP contribution is 2.37. The molecule has 1 aromatic heterocycles. The summed E-state index contributed by atoms with van der Waals surface area (Å²) in [6.07, 6.45) is 1.41. The lowest BCUT2D eigenvalue weighted by atomic mass is 10.1. The molecule has 28 heavy (non-hydrogen) atoms. The number of amides is 2. The van der Waals surface area contributed by atoms with Crippen LogP contribution in [0.4, 0.5) is 11.4 Å². The van der Waals surface area contributed by atoms with Gasteiger partial charge in [-0.25, -0.2) is 0 Å². The van der Waals surface area contributed by atoms with Crippen LogP contribution in [0.25, 0.3) is 0 Å². The van der Waals surface area contributed by atoms with Crippen LogP contribution in [0.2, 0.25) is 0 Å². The van der Waals surface area contributed by atoms with Gasteiger partial charge >= 0.3 is 0 Å². The van der Waals surface area contributed by atoms with Crippen molar-refractivity contribution in [2.75, 3.05) is 24.9 Å². The number of benzene rings is 2. The Balaban J connectivity index is 1.88. The van der Waals surface area contributed by atoms with Crippen molar-refractivity contribution in [3.63, 3.8) is 0 Å². The first-order valence-corrected chi connectivity index (χ1v) is 8.50. The molecular formula is C21H20N2O5. The van der Waals surface area contributed by atoms with E-state index >= 15 is 0 Å². The Hall–Kier alpha value is -3.74. The minimum absolute atomic E-state index is 0.165. The molecule has 144 valence electrons. The van der Waals surface area contributed by atoms with Crippen LogP contribution in [0.1, 0.15) is 26.5 Å². The van der Waals surface area contributed by atoms with E-state index in [-0.39, 0.29) is 11.7 Å². The van der Waals surface area contributed by atoms with Gasteiger partial charge in [-0.05, 0) is 31.2 Å². The van der Waals surface area contributed by atoms with Crippen molar-refractivity contribution in [3.8, 4) is 11.5 Å². The molecule has 2 amide bonds. The maximum absolute atomic E-state index is 12.6. The second kappa shape index (κ2) is 8.30. The van der Waals surface area contributed by atoms with Crippen LogP contribution < -0.4 is 20.1 Å². The summed E-state index contributed by atoms with van der Waals surface area (Å²) in [5, 5.41) is 5.52. The lowest BCUT2D eigenvalue weighted by Gasteiger charge is -2.16. The van der Waals surface area contributed by atoms with E-state index in [9.17, 15) is 9.59 Å². The van der Waals surface area contributed by atoms with Gasteiger partial charge in [0, 0.05) is 17.7 Å². The van der Waals surface area contributed by atoms with Crippen molar-refractivity contribution in [3.05, 3.63) is 71.7 Å². The molecule has 3 rings (SSSR count). The maximum atomic E-state index is 12.6. The number of furan rings is 1. The van der Waals surface area contributed by atoms with E-state index in [1.807, 2.05) is 19.1 Å². The Morgan fingerprint density at radius 3 is 2.04 bits per heavy atom. The van der Waals surface area contributed by atoms with Crippen LogP contribution in [0, 0.1) is 6.92 Å². The Morgan fingerprint density at radius 1 is 0.857 bits per heavy atom. The van der Waals surface area contributed by atoms with Crippen molar-refractivity contribution in [2.24, 2.45) is 0 Å². The maximum Gasteiger partial charge on any atom is 0.291 e. The summed E-state index contributed by atoms with van der Waals surface area (Å²) in [7, 11) is 2.94. The predicted octanol–water partition coefficient (Wildman–Crippen LogP) is 4.11. The number of methoxy groups -OCH3 is 2. The van der Waals surface area contributed by atoms with Gasteiger partial charge in [-0.3, -0.25) is 9.59 Å². The molecule has 0 fully saturated rings. The number of carbonyl (C=O) groups is 2. The zero-order valence-corrected chi connectivity index (χ0v) is 15.7. The summed E-state index contributed by atoms with van der Waals surface area (Å²) >= 11 is 0. The normalized spacial score (nSPS) is 10.2. The highest BCUT2D eigenvalue weighted by Gasteiger charge is 2.17. The van der Waals surface area contributed by atoms with E-state index in [0.29, 0.717) is 28.4 Å². The predicted molar refractivity (Wildman–Crippen MR) is 105 cm³/mol. The average Bonchev–Trinajstić information content (AvgIpc) is 3.23. The molecule has 3 aromatic rings. The van der Waals surface area contributed by atoms with Gasteiger partial charge in [-0.15, -0.1) is 0 Å². The standard InChI is InChI=1S/C21H20N2O5/c1-13-6-4-7-14(10-13)20(24)22-15-11-19(27-3)16(12-18(15)26-2)23-21(25)17-8-5-9-28-17/h4-12H,1-3H3,(H,22,24)(H,23,25). The highest BCUT2D eigenvalue weighted by molar-refractivity contribution is 6.06. The Bertz CT molecular complexity index is 996. The molecule has 1 heterocycles. The average molecular weight is 380 g/mol. The summed E-state index contributed by atoms with van der Waals surface area (Å²) in [5.41, 5.74) is 2.31. The highest BCUT2D eigenvalue weighted by atomic mass is 16.5. The molecule has 7 nitrogen and oxygen atoms in total. The van der Waals surface area contributed by atoms with Gasteiger partial charge in [0.1, 0.15) is 11.5 Å². The van der Waals surface area contributed by atoms with E-state index in [0.717, 1.165) is 5.56 Å². The van der Waals surface area contributed by atoms with Crippen LogP contribution in [-0.4, -0.2) is 26.0 Å². The second-order valence-electron chi connectivity index (χ2n) is 6.01. The van der Waals surface area contributed by atoms with Gasteiger partial charge in [0.2, 0.25) is 0 Å². The fourth-order valence-corrected chi connectivity index (χ4v) is 2.67. The molecule has 7 heteroatoms. The molecule has 0 saturated heterocycles. The molecule has 2 aromatic carbocycles. The largest absolute Gasteiger partial charge is 0.494 e. The first kappa shape index (κ1) is 19.0. The number of rotatable bonds is 6. The third-order valence-electron chi connectivity index (χ3n) is 4.04. The number of carbonyl (C=O) groups excluding carboxylic acids is 2. The van der Waals surface area contributed by atoms with Crippen molar-refractivity contribution in [2.45, 2.75) is 6.92 Å². The summed E-state index contributed by atoms with van der Waals surface area (Å²) in [4.78, 5) is 24.8. The van der Waals surface area contributed by atoms with Crippen molar-refractivity contribution in [1.29, 1.82) is 0 Å². The fourth-order valence-electron chi connectivity index (χ4n) is 2.67. The Labute approximate surface area is 162 Å². The zero-order chi connectivity index (χ0) is 20.1. The van der Waals surface area contributed by atoms with E-state index in [2.05, 4.69) is 10.6 Å². The van der Waals surface area contributed by atoms with E-state index < -0.39 is 5.91 Å². The van der Waals surface area contributed by atoms with Crippen molar-refractivity contribution >= 4 is 23.2 Å². The van der Waals surface area contributed by atoms with Crippen LogP contribution in [-0.2, 0) is 0 Å². The molecule has 0 radical (unpaired) electrons. The van der Waals surface area contributed by atoms with Crippen LogP contribution >= 0.6 is 0 Å². The summed E-state index contributed by atoms with van der Waals surface area (Å²) in [6, 6.07) is 13.6. The topological polar surface area (TPSA) is 89.8 Å². The third-order valence-corrected chi connectivity index (χ3v) is 4.04. The fraction of sp³-hybridized carbons (Fsp3) is 0.143. The SMILES string of the molecule is COc1cc(NC(=O)c2ccco2)c(OC)cc1NC(=O)c1cccc(C)c1. The molecule has 0 aliphatic rings. The zero-order valence-electron chi connectivity index (χ0n) is 15.7. The molecule has 0 bridgehead atoms. The number of aryl methyl sites for hydroxylation is 1. The van der Waals surface area contributed by atoms with Gasteiger partial charge in [0.15, 0.2) is 5.76 Å². The third kappa shape index (κ3) is 4.15. The van der Waals surface area contributed by atoms with E-state index in [1.165, 1.54) is 20.5 Å². The number of hydrogen-bond donors (Lipinski definition) is 2. The number of hydrogen-bond acceptors (Lipinski definition) is 5. The first-order chi connectivity index (χ1) is 13.5.